The topological polar surface area (TPSA) is 110 Å². The van der Waals surface area contributed by atoms with Gasteiger partial charge in [0.2, 0.25) is 15.7 Å². The van der Waals surface area contributed by atoms with Crippen molar-refractivity contribution in [3.05, 3.63) is 58.1 Å². The Morgan fingerprint density at radius 2 is 1.86 bits per heavy atom. The molecule has 2 aromatic carbocycles. The minimum Gasteiger partial charge on any atom is -0.350 e. The maximum Gasteiger partial charge on any atom is 0.341 e. The van der Waals surface area contributed by atoms with E-state index in [0.717, 1.165) is 24.1 Å². The fraction of sp³-hybridized carbons (Fsp3) is 0.278. The second-order valence-electron chi connectivity index (χ2n) is 6.48. The smallest absolute Gasteiger partial charge is 0.341 e. The van der Waals surface area contributed by atoms with Gasteiger partial charge in [-0.2, -0.15) is 8.78 Å². The van der Waals surface area contributed by atoms with Gasteiger partial charge in [-0.1, -0.05) is 12.1 Å². The van der Waals surface area contributed by atoms with Crippen molar-refractivity contribution in [1.82, 2.24) is 4.90 Å². The van der Waals surface area contributed by atoms with Crippen LogP contribution in [0.25, 0.3) is 0 Å². The highest BCUT2D eigenvalue weighted by molar-refractivity contribution is 7.91. The van der Waals surface area contributed by atoms with Crippen LogP contribution in [0.4, 0.5) is 25.8 Å². The van der Waals surface area contributed by atoms with E-state index in [1.807, 2.05) is 0 Å². The van der Waals surface area contributed by atoms with Crippen LogP contribution in [0.5, 0.6) is 0 Å². The van der Waals surface area contributed by atoms with Crippen molar-refractivity contribution in [2.75, 3.05) is 11.9 Å². The van der Waals surface area contributed by atoms with Crippen molar-refractivity contribution in [2.24, 2.45) is 0 Å². The van der Waals surface area contributed by atoms with Crippen molar-refractivity contribution in [1.29, 1.82) is 0 Å². The van der Waals surface area contributed by atoms with Gasteiger partial charge in [-0.3, -0.25) is 14.9 Å². The fourth-order valence-electron chi connectivity index (χ4n) is 2.99. The summed E-state index contributed by atoms with van der Waals surface area (Å²) in [6.45, 7) is 1.18. The molecule has 11 heteroatoms. The molecule has 1 N–H and O–H groups in total. The van der Waals surface area contributed by atoms with E-state index in [1.54, 1.807) is 29.2 Å². The van der Waals surface area contributed by atoms with E-state index in [4.69, 9.17) is 0 Å². The molecular weight excluding hydrogens is 408 g/mol. The molecule has 29 heavy (non-hydrogen) atoms. The van der Waals surface area contributed by atoms with Crippen LogP contribution < -0.4 is 5.32 Å². The minimum absolute atomic E-state index is 0.0364. The Bertz CT molecular complexity index is 1040. The quantitative estimate of drug-likeness (QED) is 0.537. The van der Waals surface area contributed by atoms with Crippen LogP contribution in [-0.2, 0) is 21.2 Å². The van der Waals surface area contributed by atoms with Crippen LogP contribution in [0.3, 0.4) is 0 Å². The highest BCUT2D eigenvalue weighted by atomic mass is 32.2. The number of amides is 1. The van der Waals surface area contributed by atoms with Gasteiger partial charge in [-0.05, 0) is 36.2 Å². The summed E-state index contributed by atoms with van der Waals surface area (Å²) in [6, 6.07) is 9.41. The van der Waals surface area contributed by atoms with Crippen LogP contribution >= 0.6 is 0 Å². The third kappa shape index (κ3) is 4.50. The molecule has 0 bridgehead atoms. The van der Waals surface area contributed by atoms with E-state index in [9.17, 15) is 32.1 Å². The standard InChI is InChI=1S/C18H17F2N3O5S/c19-18(20)29(27,28)14-7-8-15(16(10-14)23(25)26)21-13-5-3-12(4-6-13)11-22-9-1-2-17(22)24/h3-8,10,18,21H,1-2,9,11H2. The summed E-state index contributed by atoms with van der Waals surface area (Å²) in [7, 11) is -4.94. The van der Waals surface area contributed by atoms with Crippen molar-refractivity contribution < 1.29 is 26.9 Å². The van der Waals surface area contributed by atoms with Crippen molar-refractivity contribution in [2.45, 2.75) is 30.0 Å². The number of anilines is 2. The van der Waals surface area contributed by atoms with E-state index in [1.165, 1.54) is 0 Å². The van der Waals surface area contributed by atoms with E-state index in [-0.39, 0.29) is 11.6 Å². The molecule has 154 valence electrons. The average molecular weight is 425 g/mol. The number of halogens is 2. The molecule has 0 spiro atoms. The first kappa shape index (κ1) is 20.6. The number of nitrogens with zero attached hydrogens (tertiary/aromatic N) is 2. The lowest BCUT2D eigenvalue weighted by Gasteiger charge is -2.16. The number of carbonyl (C=O) groups is 1. The Morgan fingerprint density at radius 3 is 2.41 bits per heavy atom. The summed E-state index contributed by atoms with van der Waals surface area (Å²) in [6.07, 6.45) is 1.37. The molecule has 1 aliphatic heterocycles. The number of nitro benzene ring substituents is 1. The van der Waals surface area contributed by atoms with Crippen molar-refractivity contribution in [3.63, 3.8) is 0 Å². The van der Waals surface area contributed by atoms with Crippen LogP contribution in [-0.4, -0.2) is 36.5 Å². The summed E-state index contributed by atoms with van der Waals surface area (Å²) < 4.78 is 48.5. The molecule has 0 atom stereocenters. The number of hydrogen-bond acceptors (Lipinski definition) is 6. The predicted molar refractivity (Wildman–Crippen MR) is 101 cm³/mol. The number of likely N-dealkylation sites (tertiary alicyclic amines) is 1. The average Bonchev–Trinajstić information content (AvgIpc) is 3.07. The van der Waals surface area contributed by atoms with Gasteiger partial charge in [-0.25, -0.2) is 8.42 Å². The van der Waals surface area contributed by atoms with Gasteiger partial charge in [0.15, 0.2) is 0 Å². The maximum absolute atomic E-state index is 12.7. The number of benzene rings is 2. The molecule has 3 rings (SSSR count). The first-order chi connectivity index (χ1) is 13.7. The molecule has 0 radical (unpaired) electrons. The molecule has 0 saturated carbocycles. The fourth-order valence-corrected chi connectivity index (χ4v) is 3.73. The zero-order valence-electron chi connectivity index (χ0n) is 15.0. The monoisotopic (exact) mass is 425 g/mol. The summed E-state index contributed by atoms with van der Waals surface area (Å²) in [4.78, 5) is 23.0. The first-order valence-electron chi connectivity index (χ1n) is 8.63. The van der Waals surface area contributed by atoms with E-state index in [0.29, 0.717) is 31.3 Å². The number of alkyl halides is 2. The first-order valence-corrected chi connectivity index (χ1v) is 10.2. The summed E-state index contributed by atoms with van der Waals surface area (Å²) >= 11 is 0. The molecule has 1 saturated heterocycles. The van der Waals surface area contributed by atoms with Gasteiger partial charge < -0.3 is 10.2 Å². The number of rotatable bonds is 7. The second-order valence-corrected chi connectivity index (χ2v) is 8.40. The van der Waals surface area contributed by atoms with Gasteiger partial charge in [0.25, 0.3) is 5.69 Å². The summed E-state index contributed by atoms with van der Waals surface area (Å²) in [5.41, 5.74) is 0.692. The molecular formula is C18H17F2N3O5S. The molecule has 0 aromatic heterocycles. The number of hydrogen-bond donors (Lipinski definition) is 1. The zero-order valence-corrected chi connectivity index (χ0v) is 15.9. The SMILES string of the molecule is O=C1CCCN1Cc1ccc(Nc2ccc(S(=O)(=O)C(F)F)cc2[N+](=O)[O-])cc1. The number of sulfone groups is 1. The number of nitrogens with one attached hydrogen (secondary N) is 1. The molecule has 0 unspecified atom stereocenters. The highest BCUT2D eigenvalue weighted by Crippen LogP contribution is 2.32. The number of nitro groups is 1. The van der Waals surface area contributed by atoms with Gasteiger partial charge in [0.05, 0.1) is 9.82 Å². The lowest BCUT2D eigenvalue weighted by molar-refractivity contribution is -0.384. The van der Waals surface area contributed by atoms with Gasteiger partial charge in [0.1, 0.15) is 5.69 Å². The Labute approximate surface area is 165 Å². The highest BCUT2D eigenvalue weighted by Gasteiger charge is 2.29. The van der Waals surface area contributed by atoms with Crippen LogP contribution in [0.2, 0.25) is 0 Å². The van der Waals surface area contributed by atoms with E-state index in [2.05, 4.69) is 5.32 Å². The normalized spacial score (nSPS) is 14.4. The lowest BCUT2D eigenvalue weighted by atomic mass is 10.2. The number of carbonyl (C=O) groups excluding carboxylic acids is 1. The third-order valence-electron chi connectivity index (χ3n) is 4.51. The lowest BCUT2D eigenvalue weighted by Crippen LogP contribution is -2.23. The Balaban J connectivity index is 1.80. The minimum atomic E-state index is -4.94. The second kappa shape index (κ2) is 8.11. The van der Waals surface area contributed by atoms with E-state index < -0.39 is 31.1 Å². The van der Waals surface area contributed by atoms with Crippen LogP contribution in [0.1, 0.15) is 18.4 Å². The summed E-state index contributed by atoms with van der Waals surface area (Å²) in [5.74, 6) is -3.57. The molecule has 1 amide bonds. The molecule has 8 nitrogen and oxygen atoms in total. The zero-order chi connectivity index (χ0) is 21.2. The molecule has 1 fully saturated rings. The Hall–Kier alpha value is -3.08. The predicted octanol–water partition coefficient (Wildman–Crippen LogP) is 3.46. The van der Waals surface area contributed by atoms with Crippen molar-refractivity contribution in [3.8, 4) is 0 Å². The van der Waals surface area contributed by atoms with Crippen LogP contribution in [0, 0.1) is 10.1 Å². The van der Waals surface area contributed by atoms with Gasteiger partial charge in [-0.15, -0.1) is 0 Å². The maximum atomic E-state index is 12.7. The third-order valence-corrected chi connectivity index (χ3v) is 5.89. The summed E-state index contributed by atoms with van der Waals surface area (Å²) in [5, 5.41) is 14.1. The largest absolute Gasteiger partial charge is 0.350 e. The van der Waals surface area contributed by atoms with E-state index >= 15 is 0 Å². The molecule has 1 heterocycles. The Morgan fingerprint density at radius 1 is 1.17 bits per heavy atom. The molecule has 1 aliphatic rings. The van der Waals surface area contributed by atoms with Crippen molar-refractivity contribution >= 4 is 32.8 Å². The van der Waals surface area contributed by atoms with Gasteiger partial charge >= 0.3 is 5.76 Å². The van der Waals surface area contributed by atoms with Crippen LogP contribution in [0.15, 0.2) is 47.4 Å². The molecule has 2 aromatic rings. The Kier molecular flexibility index (Phi) is 5.78. The van der Waals surface area contributed by atoms with Gasteiger partial charge in [0, 0.05) is 31.3 Å². The molecule has 0 aliphatic carbocycles.